The van der Waals surface area contributed by atoms with Crippen molar-refractivity contribution in [3.63, 3.8) is 0 Å². The first-order valence-electron chi connectivity index (χ1n) is 6.66. The normalized spacial score (nSPS) is 9.90. The van der Waals surface area contributed by atoms with Crippen molar-refractivity contribution in [2.45, 2.75) is 6.42 Å². The summed E-state index contributed by atoms with van der Waals surface area (Å²) in [6, 6.07) is 16.8. The van der Waals surface area contributed by atoms with Crippen LogP contribution in [0.15, 0.2) is 54.6 Å². The number of carboxylic acid groups (broad SMARTS) is 1. The van der Waals surface area contributed by atoms with Gasteiger partial charge in [0.05, 0.1) is 6.61 Å². The number of amides is 1. The van der Waals surface area contributed by atoms with E-state index in [1.165, 1.54) is 0 Å². The summed E-state index contributed by atoms with van der Waals surface area (Å²) < 4.78 is 11.2. The maximum Gasteiger partial charge on any atom is 0.404 e. The molecule has 0 aliphatic rings. The number of benzene rings is 2. The highest BCUT2D eigenvalue weighted by Crippen LogP contribution is 2.23. The van der Waals surface area contributed by atoms with E-state index < -0.39 is 6.09 Å². The lowest BCUT2D eigenvalue weighted by molar-refractivity contribution is 0.193. The molecule has 2 aromatic carbocycles. The molecule has 0 atom stereocenters. The van der Waals surface area contributed by atoms with Gasteiger partial charge in [-0.2, -0.15) is 0 Å². The predicted molar refractivity (Wildman–Crippen MR) is 79.1 cm³/mol. The number of rotatable bonds is 7. The minimum Gasteiger partial charge on any atom is -0.494 e. The Kier molecular flexibility index (Phi) is 5.46. The Morgan fingerprint density at radius 2 is 1.57 bits per heavy atom. The maximum atomic E-state index is 10.3. The summed E-state index contributed by atoms with van der Waals surface area (Å²) in [6.45, 7) is 0.837. The second kappa shape index (κ2) is 7.79. The molecular weight excluding hydrogens is 270 g/mol. The lowest BCUT2D eigenvalue weighted by atomic mass is 10.3. The Labute approximate surface area is 123 Å². The summed E-state index contributed by atoms with van der Waals surface area (Å²) in [4.78, 5) is 10.3. The molecule has 0 aliphatic carbocycles. The predicted octanol–water partition coefficient (Wildman–Crippen LogP) is 3.52. The summed E-state index contributed by atoms with van der Waals surface area (Å²) >= 11 is 0. The van der Waals surface area contributed by atoms with Crippen LogP contribution in [0.1, 0.15) is 6.42 Å². The minimum atomic E-state index is -1.02. The van der Waals surface area contributed by atoms with E-state index in [0.717, 1.165) is 17.2 Å². The largest absolute Gasteiger partial charge is 0.494 e. The zero-order chi connectivity index (χ0) is 14.9. The third kappa shape index (κ3) is 5.44. The summed E-state index contributed by atoms with van der Waals surface area (Å²) in [5, 5.41) is 10.7. The molecule has 0 bridgehead atoms. The number of nitrogens with one attached hydrogen (secondary N) is 1. The SMILES string of the molecule is O=C(O)NCCCOc1ccc(Oc2ccccc2)cc1. The van der Waals surface area contributed by atoms with E-state index in [0.29, 0.717) is 19.6 Å². The molecule has 2 rings (SSSR count). The van der Waals surface area contributed by atoms with Gasteiger partial charge in [0, 0.05) is 6.54 Å². The van der Waals surface area contributed by atoms with Crippen LogP contribution in [0.5, 0.6) is 17.2 Å². The molecule has 1 amide bonds. The number of carbonyl (C=O) groups is 1. The quantitative estimate of drug-likeness (QED) is 0.765. The Bertz CT molecular complexity index is 554. The summed E-state index contributed by atoms with van der Waals surface area (Å²) in [5.41, 5.74) is 0. The van der Waals surface area contributed by atoms with E-state index in [2.05, 4.69) is 5.32 Å². The molecule has 2 aromatic rings. The lowest BCUT2D eigenvalue weighted by Gasteiger charge is -2.08. The summed E-state index contributed by atoms with van der Waals surface area (Å²) in [5.74, 6) is 2.25. The molecule has 0 radical (unpaired) electrons. The molecule has 0 unspecified atom stereocenters. The number of hydrogen-bond donors (Lipinski definition) is 2. The second-order valence-electron chi connectivity index (χ2n) is 4.32. The Morgan fingerprint density at radius 1 is 0.952 bits per heavy atom. The lowest BCUT2D eigenvalue weighted by Crippen LogP contribution is -2.23. The van der Waals surface area contributed by atoms with Gasteiger partial charge in [-0.15, -0.1) is 0 Å². The van der Waals surface area contributed by atoms with Gasteiger partial charge in [0.25, 0.3) is 0 Å². The molecule has 0 spiro atoms. The molecular formula is C16H17NO4. The molecule has 0 fully saturated rings. The smallest absolute Gasteiger partial charge is 0.404 e. The van der Waals surface area contributed by atoms with Crippen LogP contribution in [-0.4, -0.2) is 24.4 Å². The monoisotopic (exact) mass is 287 g/mol. The van der Waals surface area contributed by atoms with Crippen LogP contribution in [0, 0.1) is 0 Å². The van der Waals surface area contributed by atoms with Crippen LogP contribution in [0.4, 0.5) is 4.79 Å². The first kappa shape index (κ1) is 14.7. The molecule has 21 heavy (non-hydrogen) atoms. The van der Waals surface area contributed by atoms with Crippen molar-refractivity contribution in [3.8, 4) is 17.2 Å². The molecule has 0 aliphatic heterocycles. The zero-order valence-corrected chi connectivity index (χ0v) is 11.5. The standard InChI is InChI=1S/C16H17NO4/c18-16(19)17-11-4-12-20-13-7-9-15(10-8-13)21-14-5-2-1-3-6-14/h1-3,5-10,17H,4,11-12H2,(H,18,19). The van der Waals surface area contributed by atoms with Gasteiger partial charge < -0.3 is 19.9 Å². The van der Waals surface area contributed by atoms with Gasteiger partial charge >= 0.3 is 6.09 Å². The highest BCUT2D eigenvalue weighted by molar-refractivity contribution is 5.64. The van der Waals surface area contributed by atoms with E-state index in [-0.39, 0.29) is 0 Å². The summed E-state index contributed by atoms with van der Waals surface area (Å²) in [6.07, 6.45) is -0.397. The highest BCUT2D eigenvalue weighted by atomic mass is 16.5. The third-order valence-corrected chi connectivity index (χ3v) is 2.67. The molecule has 2 N–H and O–H groups in total. The topological polar surface area (TPSA) is 67.8 Å². The van der Waals surface area contributed by atoms with Crippen LogP contribution in [0.25, 0.3) is 0 Å². The van der Waals surface area contributed by atoms with Crippen molar-refractivity contribution in [1.29, 1.82) is 0 Å². The van der Waals surface area contributed by atoms with Crippen molar-refractivity contribution in [1.82, 2.24) is 5.32 Å². The average molecular weight is 287 g/mol. The van der Waals surface area contributed by atoms with E-state index >= 15 is 0 Å². The number of para-hydroxylation sites is 1. The van der Waals surface area contributed by atoms with E-state index in [4.69, 9.17) is 14.6 Å². The number of ether oxygens (including phenoxy) is 2. The molecule has 0 saturated carbocycles. The van der Waals surface area contributed by atoms with Gasteiger partial charge in [-0.25, -0.2) is 4.79 Å². The minimum absolute atomic E-state index is 0.379. The highest BCUT2D eigenvalue weighted by Gasteiger charge is 1.99. The van der Waals surface area contributed by atoms with E-state index in [1.54, 1.807) is 0 Å². The Hall–Kier alpha value is -2.69. The summed E-state index contributed by atoms with van der Waals surface area (Å²) in [7, 11) is 0. The van der Waals surface area contributed by atoms with Crippen LogP contribution in [-0.2, 0) is 0 Å². The van der Waals surface area contributed by atoms with Crippen LogP contribution >= 0.6 is 0 Å². The molecule has 110 valence electrons. The zero-order valence-electron chi connectivity index (χ0n) is 11.5. The molecule has 0 aromatic heterocycles. The van der Waals surface area contributed by atoms with Crippen molar-refractivity contribution in [2.75, 3.05) is 13.2 Å². The van der Waals surface area contributed by atoms with Gasteiger partial charge in [0.15, 0.2) is 0 Å². The van der Waals surface area contributed by atoms with Crippen LogP contribution in [0.2, 0.25) is 0 Å². The van der Waals surface area contributed by atoms with Gasteiger partial charge in [-0.1, -0.05) is 18.2 Å². The fourth-order valence-electron chi connectivity index (χ4n) is 1.69. The molecule has 5 heteroatoms. The van der Waals surface area contributed by atoms with Crippen molar-refractivity contribution >= 4 is 6.09 Å². The van der Waals surface area contributed by atoms with Crippen LogP contribution in [0.3, 0.4) is 0 Å². The van der Waals surface area contributed by atoms with Crippen molar-refractivity contribution in [2.24, 2.45) is 0 Å². The van der Waals surface area contributed by atoms with Gasteiger partial charge in [0.2, 0.25) is 0 Å². The first-order valence-corrected chi connectivity index (χ1v) is 6.66. The third-order valence-electron chi connectivity index (χ3n) is 2.67. The van der Waals surface area contributed by atoms with Crippen molar-refractivity contribution in [3.05, 3.63) is 54.6 Å². The van der Waals surface area contributed by atoms with E-state index in [1.807, 2.05) is 54.6 Å². The van der Waals surface area contributed by atoms with Gasteiger partial charge in [-0.05, 0) is 42.8 Å². The second-order valence-corrected chi connectivity index (χ2v) is 4.32. The van der Waals surface area contributed by atoms with Gasteiger partial charge in [0.1, 0.15) is 17.2 Å². The van der Waals surface area contributed by atoms with Crippen LogP contribution < -0.4 is 14.8 Å². The average Bonchev–Trinajstić information content (AvgIpc) is 2.49. The fraction of sp³-hybridized carbons (Fsp3) is 0.188. The fourth-order valence-corrected chi connectivity index (χ4v) is 1.69. The molecule has 5 nitrogen and oxygen atoms in total. The van der Waals surface area contributed by atoms with Crippen molar-refractivity contribution < 1.29 is 19.4 Å². The Balaban J connectivity index is 1.75. The molecule has 0 saturated heterocycles. The maximum absolute atomic E-state index is 10.3. The molecule has 0 heterocycles. The Morgan fingerprint density at radius 3 is 2.24 bits per heavy atom. The number of hydrogen-bond acceptors (Lipinski definition) is 3. The first-order chi connectivity index (χ1) is 10.2. The van der Waals surface area contributed by atoms with E-state index in [9.17, 15) is 4.79 Å². The van der Waals surface area contributed by atoms with Gasteiger partial charge in [-0.3, -0.25) is 0 Å².